The van der Waals surface area contributed by atoms with E-state index in [2.05, 4.69) is 20.9 Å². The molecule has 3 heterocycles. The molecule has 2 aromatic rings. The predicted octanol–water partition coefficient (Wildman–Crippen LogP) is -0.342. The summed E-state index contributed by atoms with van der Waals surface area (Å²) in [5.41, 5.74) is 6.43. The number of aliphatic hydroxyl groups is 2. The summed E-state index contributed by atoms with van der Waals surface area (Å²) in [7, 11) is 0. The minimum Gasteiger partial charge on any atom is -0.391 e. The maximum atomic E-state index is 10.3. The summed E-state index contributed by atoms with van der Waals surface area (Å²) in [4.78, 5) is 10.5. The number of nitrogens with zero attached hydrogens (tertiary/aromatic N) is 4. The van der Waals surface area contributed by atoms with Crippen LogP contribution in [0, 0.1) is 12.3 Å². The first kappa shape index (κ1) is 15.0. The number of halogens is 1. The molecule has 0 saturated carbocycles. The van der Waals surface area contributed by atoms with Gasteiger partial charge in [-0.3, -0.25) is 4.57 Å². The number of aliphatic hydroxyl groups excluding tert-OH is 2. The highest BCUT2D eigenvalue weighted by molar-refractivity contribution is 6.27. The van der Waals surface area contributed by atoms with Crippen LogP contribution in [0.3, 0.4) is 0 Å². The molecule has 116 valence electrons. The first-order chi connectivity index (χ1) is 10.4. The number of aromatic nitrogens is 4. The van der Waals surface area contributed by atoms with Gasteiger partial charge in [-0.1, -0.05) is 17.5 Å². The molecule has 1 saturated heterocycles. The Balaban J connectivity index is 2.13. The minimum atomic E-state index is -1.57. The fourth-order valence-electron chi connectivity index (χ4n) is 2.52. The number of hydrogen-bond acceptors (Lipinski definition) is 7. The van der Waals surface area contributed by atoms with Gasteiger partial charge in [-0.25, -0.2) is 9.97 Å². The van der Waals surface area contributed by atoms with Crippen molar-refractivity contribution in [2.24, 2.45) is 0 Å². The highest BCUT2D eigenvalue weighted by Crippen LogP contribution is 2.44. The van der Waals surface area contributed by atoms with Crippen molar-refractivity contribution in [1.82, 2.24) is 19.5 Å². The lowest BCUT2D eigenvalue weighted by Gasteiger charge is -2.25. The van der Waals surface area contributed by atoms with Gasteiger partial charge in [-0.05, 0) is 6.92 Å². The van der Waals surface area contributed by atoms with Gasteiger partial charge in [0.15, 0.2) is 16.7 Å². The second-order valence-corrected chi connectivity index (χ2v) is 5.77. The number of terminal acetylenes is 1. The molecule has 1 aliphatic heterocycles. The van der Waals surface area contributed by atoms with Crippen LogP contribution in [0.15, 0.2) is 12.5 Å². The molecule has 0 amide bonds. The fourth-order valence-corrected chi connectivity index (χ4v) is 2.80. The summed E-state index contributed by atoms with van der Waals surface area (Å²) >= 11 is 6.40. The Morgan fingerprint density at radius 1 is 1.59 bits per heavy atom. The Morgan fingerprint density at radius 3 is 2.95 bits per heavy atom. The van der Waals surface area contributed by atoms with Crippen LogP contribution >= 0.6 is 11.6 Å². The maximum Gasteiger partial charge on any atom is 0.222 e. The van der Waals surface area contributed by atoms with Crippen LogP contribution in [0.1, 0.15) is 13.2 Å². The molecule has 4 N–H and O–H groups in total. The third-order valence-electron chi connectivity index (χ3n) is 3.67. The van der Waals surface area contributed by atoms with Crippen LogP contribution in [0.25, 0.3) is 11.2 Å². The Bertz CT molecular complexity index is 758. The first-order valence-corrected chi connectivity index (χ1v) is 6.89. The Hall–Kier alpha value is -1.92. The molecule has 3 rings (SSSR count). The maximum absolute atomic E-state index is 10.3. The number of ether oxygens (including phenoxy) is 1. The zero-order chi connectivity index (χ0) is 16.1. The van der Waals surface area contributed by atoms with E-state index >= 15 is 0 Å². The van der Waals surface area contributed by atoms with Crippen molar-refractivity contribution in [2.45, 2.75) is 36.3 Å². The second kappa shape index (κ2) is 5.07. The number of nitrogen functional groups attached to an aromatic ring is 1. The molecule has 1 unspecified atom stereocenters. The van der Waals surface area contributed by atoms with Crippen LogP contribution in [0.2, 0.25) is 0 Å². The molecular formula is C13H14ClN5O3. The Morgan fingerprint density at radius 2 is 2.32 bits per heavy atom. The highest BCUT2D eigenvalue weighted by Gasteiger charge is 2.57. The topological polar surface area (TPSA) is 119 Å². The zero-order valence-corrected chi connectivity index (χ0v) is 12.3. The summed E-state index contributed by atoms with van der Waals surface area (Å²) in [6.07, 6.45) is 4.26. The van der Waals surface area contributed by atoms with Gasteiger partial charge >= 0.3 is 0 Å². The quantitative estimate of drug-likeness (QED) is 0.511. The van der Waals surface area contributed by atoms with E-state index in [0.29, 0.717) is 11.2 Å². The van der Waals surface area contributed by atoms with Crippen LogP contribution in [0.4, 0.5) is 5.95 Å². The molecule has 2 aromatic heterocycles. The monoisotopic (exact) mass is 323 g/mol. The van der Waals surface area contributed by atoms with Crippen molar-refractivity contribution in [2.75, 3.05) is 5.73 Å². The van der Waals surface area contributed by atoms with E-state index in [4.69, 9.17) is 28.5 Å². The van der Waals surface area contributed by atoms with Gasteiger partial charge in [-0.2, -0.15) is 4.98 Å². The average molecular weight is 324 g/mol. The van der Waals surface area contributed by atoms with E-state index in [-0.39, 0.29) is 5.95 Å². The first-order valence-electron chi connectivity index (χ1n) is 6.52. The summed E-state index contributed by atoms with van der Waals surface area (Å²) in [5, 5.41) is 20.1. The normalized spacial score (nSPS) is 33.0. The van der Waals surface area contributed by atoms with Crippen molar-refractivity contribution in [3.05, 3.63) is 12.5 Å². The molecule has 1 fully saturated rings. The lowest BCUT2D eigenvalue weighted by atomic mass is 9.97. The van der Waals surface area contributed by atoms with E-state index in [0.717, 1.165) is 0 Å². The number of anilines is 1. The van der Waals surface area contributed by atoms with Gasteiger partial charge < -0.3 is 20.7 Å². The third kappa shape index (κ3) is 2.02. The Kier molecular flexibility index (Phi) is 3.45. The molecule has 0 bridgehead atoms. The van der Waals surface area contributed by atoms with Gasteiger partial charge in [0.1, 0.15) is 17.7 Å². The van der Waals surface area contributed by atoms with Gasteiger partial charge in [0.05, 0.1) is 18.6 Å². The lowest BCUT2D eigenvalue weighted by molar-refractivity contribution is -0.0752. The van der Waals surface area contributed by atoms with Crippen LogP contribution < -0.4 is 5.73 Å². The smallest absolute Gasteiger partial charge is 0.222 e. The van der Waals surface area contributed by atoms with Crippen molar-refractivity contribution < 1.29 is 14.9 Å². The number of nitrogens with two attached hydrogens (primary N) is 1. The van der Waals surface area contributed by atoms with E-state index < -0.39 is 29.4 Å². The molecule has 0 aromatic carbocycles. The van der Waals surface area contributed by atoms with Crippen molar-refractivity contribution >= 4 is 28.7 Å². The zero-order valence-electron chi connectivity index (χ0n) is 11.6. The van der Waals surface area contributed by atoms with Crippen LogP contribution in [-0.4, -0.2) is 52.9 Å². The molecule has 0 spiro atoms. The highest BCUT2D eigenvalue weighted by atomic mass is 35.5. The molecule has 22 heavy (non-hydrogen) atoms. The predicted molar refractivity (Wildman–Crippen MR) is 78.8 cm³/mol. The molecule has 0 aliphatic carbocycles. The summed E-state index contributed by atoms with van der Waals surface area (Å²) in [6, 6.07) is 0. The molecule has 8 nitrogen and oxygen atoms in total. The van der Waals surface area contributed by atoms with Gasteiger partial charge in [0, 0.05) is 0 Å². The van der Waals surface area contributed by atoms with Gasteiger partial charge in [0.25, 0.3) is 0 Å². The number of hydrogen-bond donors (Lipinski definition) is 3. The second-order valence-electron chi connectivity index (χ2n) is 5.14. The van der Waals surface area contributed by atoms with E-state index in [1.165, 1.54) is 24.0 Å². The number of fused-ring (bicyclic) bond motifs is 1. The van der Waals surface area contributed by atoms with E-state index in [1.54, 1.807) is 0 Å². The fraction of sp³-hybridized carbons (Fsp3) is 0.462. The van der Waals surface area contributed by atoms with Gasteiger partial charge in [0.2, 0.25) is 5.95 Å². The van der Waals surface area contributed by atoms with Crippen LogP contribution in [-0.2, 0) is 4.74 Å². The van der Waals surface area contributed by atoms with Crippen molar-refractivity contribution in [1.29, 1.82) is 0 Å². The largest absolute Gasteiger partial charge is 0.391 e. The third-order valence-corrected chi connectivity index (χ3v) is 4.19. The summed E-state index contributed by atoms with van der Waals surface area (Å²) in [5.74, 6) is 2.40. The molecule has 1 aliphatic rings. The van der Waals surface area contributed by atoms with E-state index in [1.807, 2.05) is 0 Å². The SMILES string of the molecule is C#C[C@@]1(Cl)C(O)[C@@H]([C@@H](C)O)O[C@H]1n1cnc2cnc(N)nc21. The minimum absolute atomic E-state index is 0.0563. The Labute approximate surface area is 130 Å². The number of imidazole rings is 1. The van der Waals surface area contributed by atoms with Gasteiger partial charge in [-0.15, -0.1) is 6.42 Å². The molecular weight excluding hydrogens is 310 g/mol. The summed E-state index contributed by atoms with van der Waals surface area (Å²) in [6.45, 7) is 1.48. The van der Waals surface area contributed by atoms with Crippen molar-refractivity contribution in [3.8, 4) is 12.3 Å². The van der Waals surface area contributed by atoms with Crippen molar-refractivity contribution in [3.63, 3.8) is 0 Å². The molecule has 5 atom stereocenters. The standard InChI is InChI=1S/C13H14ClN5O3/c1-3-13(14)9(21)8(6(2)20)22-11(13)19-5-17-7-4-16-12(15)18-10(7)19/h1,4-6,8-9,11,20-21H,2H3,(H2,15,16,18)/t6-,8-,9?,11-,13-/m1/s1. The van der Waals surface area contributed by atoms with Crippen LogP contribution in [0.5, 0.6) is 0 Å². The average Bonchev–Trinajstić information content (AvgIpc) is 2.99. The number of rotatable bonds is 2. The van der Waals surface area contributed by atoms with E-state index in [9.17, 15) is 10.2 Å². The number of alkyl halides is 1. The molecule has 9 heteroatoms. The summed E-state index contributed by atoms with van der Waals surface area (Å²) < 4.78 is 7.16. The lowest BCUT2D eigenvalue weighted by Crippen LogP contribution is -2.43. The molecule has 0 radical (unpaired) electrons.